The maximum Gasteiger partial charge on any atom is 0.257 e. The number of amides is 3. The molecule has 3 rings (SSSR count). The summed E-state index contributed by atoms with van der Waals surface area (Å²) in [5.74, 6) is -0.753. The number of nitrogens with zero attached hydrogens (tertiary/aromatic N) is 2. The van der Waals surface area contributed by atoms with Crippen LogP contribution in [0.25, 0.3) is 0 Å². The first-order valence-electron chi connectivity index (χ1n) is 9.39. The Morgan fingerprint density at radius 2 is 1.79 bits per heavy atom. The highest BCUT2D eigenvalue weighted by Crippen LogP contribution is 2.28. The third kappa shape index (κ3) is 4.17. The van der Waals surface area contributed by atoms with E-state index in [1.807, 2.05) is 44.2 Å². The van der Waals surface area contributed by atoms with Crippen LogP contribution in [0, 0.1) is 0 Å². The molecule has 0 radical (unpaired) electrons. The number of hydrogen-bond donors (Lipinski definition) is 0. The van der Waals surface area contributed by atoms with Crippen LogP contribution in [0.4, 0.5) is 5.69 Å². The van der Waals surface area contributed by atoms with Gasteiger partial charge in [-0.3, -0.25) is 14.4 Å². The quantitative estimate of drug-likeness (QED) is 0.636. The van der Waals surface area contributed by atoms with Crippen LogP contribution in [-0.4, -0.2) is 34.7 Å². The lowest BCUT2D eigenvalue weighted by molar-refractivity contribution is -0.140. The molecule has 5 nitrogen and oxygen atoms in total. The van der Waals surface area contributed by atoms with Crippen molar-refractivity contribution in [1.29, 1.82) is 0 Å². The van der Waals surface area contributed by atoms with E-state index in [-0.39, 0.29) is 36.6 Å². The molecular weight excluding hydrogens is 420 g/mol. The maximum atomic E-state index is 13.1. The number of halogens is 1. The van der Waals surface area contributed by atoms with E-state index in [0.29, 0.717) is 12.1 Å². The molecule has 0 spiro atoms. The molecule has 0 aliphatic carbocycles. The van der Waals surface area contributed by atoms with Crippen molar-refractivity contribution in [2.24, 2.45) is 0 Å². The monoisotopic (exact) mass is 442 g/mol. The molecule has 1 aliphatic heterocycles. The number of anilines is 1. The van der Waals surface area contributed by atoms with E-state index in [4.69, 9.17) is 0 Å². The Balaban J connectivity index is 1.86. The normalized spacial score (nSPS) is 17.7. The van der Waals surface area contributed by atoms with E-state index < -0.39 is 6.04 Å². The van der Waals surface area contributed by atoms with Crippen LogP contribution in [0.1, 0.15) is 32.3 Å². The smallest absolute Gasteiger partial charge is 0.257 e. The number of carbonyl (C=O) groups excluding carboxylic acids is 3. The minimum absolute atomic E-state index is 0.0137. The average molecular weight is 443 g/mol. The molecule has 2 atom stereocenters. The zero-order chi connectivity index (χ0) is 20.3. The molecular formula is C22H23BrN2O3. The van der Waals surface area contributed by atoms with Crippen molar-refractivity contribution < 1.29 is 14.4 Å². The second-order valence-electron chi connectivity index (χ2n) is 6.98. The zero-order valence-corrected chi connectivity index (χ0v) is 17.6. The Morgan fingerprint density at radius 1 is 1.14 bits per heavy atom. The zero-order valence-electron chi connectivity index (χ0n) is 16.0. The Morgan fingerprint density at radius 3 is 2.39 bits per heavy atom. The fraction of sp³-hybridized carbons (Fsp3) is 0.318. The van der Waals surface area contributed by atoms with E-state index in [0.717, 1.165) is 10.0 Å². The Hall–Kier alpha value is -2.47. The third-order valence-electron chi connectivity index (χ3n) is 5.10. The van der Waals surface area contributed by atoms with Gasteiger partial charge < -0.3 is 4.90 Å². The average Bonchev–Trinajstić information content (AvgIpc) is 2.97. The van der Waals surface area contributed by atoms with Crippen LogP contribution < -0.4 is 4.90 Å². The fourth-order valence-corrected chi connectivity index (χ4v) is 3.74. The number of imide groups is 1. The highest BCUT2D eigenvalue weighted by atomic mass is 79.9. The molecule has 28 heavy (non-hydrogen) atoms. The number of carbonyl (C=O) groups is 3. The summed E-state index contributed by atoms with van der Waals surface area (Å²) in [6.07, 6.45) is 0.929. The van der Waals surface area contributed by atoms with Gasteiger partial charge in [0.1, 0.15) is 6.04 Å². The molecule has 1 heterocycles. The summed E-state index contributed by atoms with van der Waals surface area (Å²) < 4.78 is 0.867. The van der Waals surface area contributed by atoms with E-state index >= 15 is 0 Å². The molecule has 2 aromatic rings. The molecule has 2 unspecified atom stereocenters. The largest absolute Gasteiger partial charge is 0.327 e. The lowest BCUT2D eigenvalue weighted by Gasteiger charge is -2.33. The van der Waals surface area contributed by atoms with E-state index in [9.17, 15) is 14.4 Å². The van der Waals surface area contributed by atoms with Gasteiger partial charge >= 0.3 is 0 Å². The van der Waals surface area contributed by atoms with Crippen LogP contribution in [0.5, 0.6) is 0 Å². The maximum absolute atomic E-state index is 13.1. The summed E-state index contributed by atoms with van der Waals surface area (Å²) >= 11 is 3.36. The first-order chi connectivity index (χ1) is 13.4. The van der Waals surface area contributed by atoms with Crippen LogP contribution in [0.2, 0.25) is 0 Å². The highest BCUT2D eigenvalue weighted by molar-refractivity contribution is 9.10. The van der Waals surface area contributed by atoms with Gasteiger partial charge in [0.2, 0.25) is 11.8 Å². The molecule has 0 saturated carbocycles. The summed E-state index contributed by atoms with van der Waals surface area (Å²) in [4.78, 5) is 41.6. The van der Waals surface area contributed by atoms with Crippen LogP contribution in [0.15, 0.2) is 59.1 Å². The van der Waals surface area contributed by atoms with Crippen molar-refractivity contribution in [1.82, 2.24) is 4.90 Å². The number of hydrogen-bond acceptors (Lipinski definition) is 3. The van der Waals surface area contributed by atoms with Gasteiger partial charge in [-0.15, -0.1) is 0 Å². The Bertz CT molecular complexity index is 867. The number of rotatable bonds is 6. The van der Waals surface area contributed by atoms with Gasteiger partial charge in [-0.1, -0.05) is 53.2 Å². The SMILES string of the molecule is CCC(C)N(C(=O)Cc1ccccc1)C1CC(=O)N(c2ccc(Br)cc2)C1=O. The van der Waals surface area contributed by atoms with E-state index in [1.54, 1.807) is 29.2 Å². The van der Waals surface area contributed by atoms with Gasteiger partial charge in [0.15, 0.2) is 0 Å². The predicted octanol–water partition coefficient (Wildman–Crippen LogP) is 3.95. The molecule has 2 aromatic carbocycles. The van der Waals surface area contributed by atoms with Gasteiger partial charge in [0, 0.05) is 10.5 Å². The van der Waals surface area contributed by atoms with Gasteiger partial charge in [0.05, 0.1) is 18.5 Å². The summed E-state index contributed by atoms with van der Waals surface area (Å²) in [6.45, 7) is 3.89. The topological polar surface area (TPSA) is 57.7 Å². The van der Waals surface area contributed by atoms with Crippen molar-refractivity contribution in [3.05, 3.63) is 64.6 Å². The summed E-state index contributed by atoms with van der Waals surface area (Å²) in [5.41, 5.74) is 1.42. The first-order valence-corrected chi connectivity index (χ1v) is 10.2. The number of benzene rings is 2. The molecule has 6 heteroatoms. The van der Waals surface area contributed by atoms with Crippen molar-refractivity contribution in [2.45, 2.75) is 45.2 Å². The van der Waals surface area contributed by atoms with E-state index in [1.165, 1.54) is 4.90 Å². The second kappa shape index (κ2) is 8.69. The Kier molecular flexibility index (Phi) is 6.29. The molecule has 1 aliphatic rings. The Labute approximate surface area is 173 Å². The van der Waals surface area contributed by atoms with Crippen LogP contribution in [-0.2, 0) is 20.8 Å². The molecule has 1 saturated heterocycles. The van der Waals surface area contributed by atoms with Gasteiger partial charge in [-0.2, -0.15) is 0 Å². The molecule has 1 fully saturated rings. The van der Waals surface area contributed by atoms with Crippen LogP contribution in [0.3, 0.4) is 0 Å². The second-order valence-corrected chi connectivity index (χ2v) is 7.90. The van der Waals surface area contributed by atoms with Gasteiger partial charge in [-0.25, -0.2) is 4.90 Å². The summed E-state index contributed by atoms with van der Waals surface area (Å²) in [5, 5.41) is 0. The molecule has 3 amide bonds. The van der Waals surface area contributed by atoms with Crippen molar-refractivity contribution in [3.8, 4) is 0 Å². The van der Waals surface area contributed by atoms with Crippen molar-refractivity contribution >= 4 is 39.3 Å². The predicted molar refractivity (Wildman–Crippen MR) is 112 cm³/mol. The van der Waals surface area contributed by atoms with Gasteiger partial charge in [0.25, 0.3) is 5.91 Å². The fourth-order valence-electron chi connectivity index (χ4n) is 3.48. The van der Waals surface area contributed by atoms with Crippen molar-refractivity contribution in [2.75, 3.05) is 4.90 Å². The van der Waals surface area contributed by atoms with E-state index in [2.05, 4.69) is 15.9 Å². The van der Waals surface area contributed by atoms with Crippen molar-refractivity contribution in [3.63, 3.8) is 0 Å². The highest BCUT2D eigenvalue weighted by Gasteiger charge is 2.45. The third-order valence-corrected chi connectivity index (χ3v) is 5.62. The van der Waals surface area contributed by atoms with Gasteiger partial charge in [-0.05, 0) is 43.2 Å². The molecule has 146 valence electrons. The first kappa shape index (κ1) is 20.3. The minimum atomic E-state index is -0.762. The summed E-state index contributed by atoms with van der Waals surface area (Å²) in [6, 6.07) is 15.6. The lowest BCUT2D eigenvalue weighted by atomic mass is 10.1. The summed E-state index contributed by atoms with van der Waals surface area (Å²) in [7, 11) is 0. The molecule has 0 aromatic heterocycles. The molecule has 0 bridgehead atoms. The van der Waals surface area contributed by atoms with Crippen LogP contribution >= 0.6 is 15.9 Å². The minimum Gasteiger partial charge on any atom is -0.327 e. The molecule has 0 N–H and O–H groups in total. The standard InChI is InChI=1S/C22H23BrN2O3/c1-3-15(2)24(20(26)13-16-7-5-4-6-8-16)19-14-21(27)25(22(19)28)18-11-9-17(23)10-12-18/h4-12,15,19H,3,13-14H2,1-2H3. The lowest BCUT2D eigenvalue weighted by Crippen LogP contribution is -2.50.